The van der Waals surface area contributed by atoms with Gasteiger partial charge in [-0.3, -0.25) is 0 Å². The van der Waals surface area contributed by atoms with E-state index in [1.165, 1.54) is 0 Å². The minimum absolute atomic E-state index is 0. The zero-order chi connectivity index (χ0) is 21.2. The van der Waals surface area contributed by atoms with E-state index in [2.05, 4.69) is 29.7 Å². The van der Waals surface area contributed by atoms with Gasteiger partial charge in [-0.1, -0.05) is 30.3 Å². The number of nitrogens with zero attached hydrogens (tertiary/aromatic N) is 1. The van der Waals surface area contributed by atoms with E-state index in [4.69, 9.17) is 14.5 Å². The molecule has 3 rings (SSSR count). The molecule has 0 saturated carbocycles. The molecule has 1 heterocycles. The van der Waals surface area contributed by atoms with E-state index in [-0.39, 0.29) is 36.0 Å². The van der Waals surface area contributed by atoms with E-state index in [1.807, 2.05) is 43.3 Å². The maximum atomic E-state index is 9.92. The fourth-order valence-corrected chi connectivity index (χ4v) is 3.48. The van der Waals surface area contributed by atoms with E-state index in [1.54, 1.807) is 0 Å². The maximum absolute atomic E-state index is 9.92. The number of para-hydroxylation sites is 1. The number of aliphatic imine (C=N–C) groups is 1. The molecule has 170 valence electrons. The number of aryl methyl sites for hydroxylation is 1. The van der Waals surface area contributed by atoms with Crippen molar-refractivity contribution in [3.8, 4) is 11.5 Å². The van der Waals surface area contributed by atoms with Crippen LogP contribution >= 0.6 is 24.0 Å². The first kappa shape index (κ1) is 25.4. The summed E-state index contributed by atoms with van der Waals surface area (Å²) in [7, 11) is 0. The largest absolute Gasteiger partial charge is 0.457 e. The lowest BCUT2D eigenvalue weighted by molar-refractivity contribution is -0.0131. The number of nitrogens with one attached hydrogen (secondary N) is 2. The van der Waals surface area contributed by atoms with Crippen LogP contribution in [-0.4, -0.2) is 44.0 Å². The molecule has 0 unspecified atom stereocenters. The number of ether oxygens (including phenoxy) is 2. The van der Waals surface area contributed by atoms with Gasteiger partial charge in [-0.25, -0.2) is 4.99 Å². The van der Waals surface area contributed by atoms with Crippen LogP contribution in [0, 0.1) is 12.3 Å². The van der Waals surface area contributed by atoms with Crippen LogP contribution in [0.3, 0.4) is 0 Å². The first-order valence-electron chi connectivity index (χ1n) is 10.7. The molecule has 6 nitrogen and oxygen atoms in total. The first-order valence-corrected chi connectivity index (χ1v) is 10.7. The molecular weight excluding hydrogens is 505 g/mol. The molecule has 31 heavy (non-hydrogen) atoms. The van der Waals surface area contributed by atoms with Gasteiger partial charge in [0, 0.05) is 37.3 Å². The van der Waals surface area contributed by atoms with E-state index in [0.29, 0.717) is 26.3 Å². The lowest BCUT2D eigenvalue weighted by Gasteiger charge is -2.36. The normalized spacial score (nSPS) is 15.6. The van der Waals surface area contributed by atoms with Gasteiger partial charge in [0.1, 0.15) is 11.5 Å². The van der Waals surface area contributed by atoms with Crippen molar-refractivity contribution in [2.45, 2.75) is 33.2 Å². The van der Waals surface area contributed by atoms with E-state index in [0.717, 1.165) is 48.0 Å². The molecule has 0 bridgehead atoms. The molecule has 0 aromatic heterocycles. The molecular formula is C24H34IN3O3. The highest BCUT2D eigenvalue weighted by molar-refractivity contribution is 14.0. The smallest absolute Gasteiger partial charge is 0.191 e. The molecule has 2 aromatic rings. The van der Waals surface area contributed by atoms with Crippen LogP contribution in [-0.2, 0) is 11.3 Å². The van der Waals surface area contributed by atoms with Crippen LogP contribution in [0.1, 0.15) is 30.9 Å². The summed E-state index contributed by atoms with van der Waals surface area (Å²) in [5.74, 6) is 2.36. The number of aliphatic hydroxyl groups excluding tert-OH is 1. The predicted octanol–water partition coefficient (Wildman–Crippen LogP) is 4.25. The van der Waals surface area contributed by atoms with Crippen LogP contribution in [0.15, 0.2) is 53.5 Å². The van der Waals surface area contributed by atoms with Crippen LogP contribution in [0.25, 0.3) is 0 Å². The highest BCUT2D eigenvalue weighted by atomic mass is 127. The Labute approximate surface area is 202 Å². The van der Waals surface area contributed by atoms with Crippen LogP contribution in [0.4, 0.5) is 0 Å². The number of halogens is 1. The Bertz CT molecular complexity index is 824. The zero-order valence-electron chi connectivity index (χ0n) is 18.4. The molecule has 1 saturated heterocycles. The highest BCUT2D eigenvalue weighted by Crippen LogP contribution is 2.29. The molecule has 3 N–H and O–H groups in total. The van der Waals surface area contributed by atoms with E-state index < -0.39 is 0 Å². The Morgan fingerprint density at radius 1 is 1.13 bits per heavy atom. The lowest BCUT2D eigenvalue weighted by Crippen LogP contribution is -2.47. The molecule has 0 amide bonds. The number of hydrogen-bond donors (Lipinski definition) is 3. The Hall–Kier alpha value is -1.84. The van der Waals surface area contributed by atoms with Crippen LogP contribution in [0.5, 0.6) is 11.5 Å². The lowest BCUT2D eigenvalue weighted by atomic mass is 9.81. The monoisotopic (exact) mass is 539 g/mol. The summed E-state index contributed by atoms with van der Waals surface area (Å²) >= 11 is 0. The highest BCUT2D eigenvalue weighted by Gasteiger charge is 2.32. The summed E-state index contributed by atoms with van der Waals surface area (Å²) in [5.41, 5.74) is 2.01. The molecule has 1 aliphatic rings. The minimum atomic E-state index is -0.153. The maximum Gasteiger partial charge on any atom is 0.191 e. The molecule has 0 spiro atoms. The van der Waals surface area contributed by atoms with Crippen LogP contribution < -0.4 is 15.4 Å². The SMILES string of the molecule is CCNC(=NCc1ccc(C)cc1Oc1ccccc1)NCC1(CO)CCOCC1.I. The summed E-state index contributed by atoms with van der Waals surface area (Å²) in [6.07, 6.45) is 1.70. The van der Waals surface area contributed by atoms with Gasteiger partial charge < -0.3 is 25.2 Å². The van der Waals surface area contributed by atoms with Gasteiger partial charge in [0.25, 0.3) is 0 Å². The first-order chi connectivity index (χ1) is 14.6. The number of hydrogen-bond acceptors (Lipinski definition) is 4. The van der Waals surface area contributed by atoms with Gasteiger partial charge in [-0.15, -0.1) is 24.0 Å². The molecule has 1 aliphatic heterocycles. The van der Waals surface area contributed by atoms with Gasteiger partial charge >= 0.3 is 0 Å². The average Bonchev–Trinajstić information content (AvgIpc) is 2.78. The summed E-state index contributed by atoms with van der Waals surface area (Å²) in [6, 6.07) is 16.0. The third-order valence-electron chi connectivity index (χ3n) is 5.47. The third kappa shape index (κ3) is 7.66. The quantitative estimate of drug-likeness (QED) is 0.266. The Balaban J connectivity index is 0.00000341. The average molecular weight is 539 g/mol. The van der Waals surface area contributed by atoms with Crippen molar-refractivity contribution in [1.29, 1.82) is 0 Å². The minimum Gasteiger partial charge on any atom is -0.457 e. The van der Waals surface area contributed by atoms with E-state index >= 15 is 0 Å². The standard InChI is InChI=1S/C24H33N3O3.HI/c1-3-25-23(27-17-24(18-28)11-13-29-14-12-24)26-16-20-10-9-19(2)15-22(20)30-21-7-5-4-6-8-21;/h4-10,15,28H,3,11-14,16-18H2,1-2H3,(H2,25,26,27);1H. The van der Waals surface area contributed by atoms with Gasteiger partial charge in [-0.2, -0.15) is 0 Å². The molecule has 7 heteroatoms. The topological polar surface area (TPSA) is 75.1 Å². The fourth-order valence-electron chi connectivity index (χ4n) is 3.48. The van der Waals surface area contributed by atoms with Crippen molar-refractivity contribution < 1.29 is 14.6 Å². The third-order valence-corrected chi connectivity index (χ3v) is 5.47. The van der Waals surface area contributed by atoms with Gasteiger partial charge in [-0.05, 0) is 50.5 Å². The Morgan fingerprint density at radius 3 is 2.55 bits per heavy atom. The second-order valence-electron chi connectivity index (χ2n) is 7.85. The molecule has 0 atom stereocenters. The predicted molar refractivity (Wildman–Crippen MR) is 136 cm³/mol. The van der Waals surface area contributed by atoms with Crippen LogP contribution in [0.2, 0.25) is 0 Å². The van der Waals surface area contributed by atoms with Gasteiger partial charge in [0.15, 0.2) is 5.96 Å². The van der Waals surface area contributed by atoms with Crippen molar-refractivity contribution in [3.05, 3.63) is 59.7 Å². The second kappa shape index (κ2) is 12.9. The number of aliphatic hydroxyl groups is 1. The summed E-state index contributed by atoms with van der Waals surface area (Å²) in [6.45, 7) is 7.56. The number of benzene rings is 2. The number of guanidine groups is 1. The summed E-state index contributed by atoms with van der Waals surface area (Å²) in [5, 5.41) is 16.6. The Kier molecular flexibility index (Phi) is 10.6. The second-order valence-corrected chi connectivity index (χ2v) is 7.85. The van der Waals surface area contributed by atoms with E-state index in [9.17, 15) is 5.11 Å². The van der Waals surface area contributed by atoms with Crippen molar-refractivity contribution in [1.82, 2.24) is 10.6 Å². The van der Waals surface area contributed by atoms with Gasteiger partial charge in [0.05, 0.1) is 13.2 Å². The Morgan fingerprint density at radius 2 is 1.87 bits per heavy atom. The van der Waals surface area contributed by atoms with Crippen molar-refractivity contribution in [2.75, 3.05) is 32.9 Å². The van der Waals surface area contributed by atoms with Crippen molar-refractivity contribution >= 4 is 29.9 Å². The molecule has 2 aromatic carbocycles. The van der Waals surface area contributed by atoms with Crippen molar-refractivity contribution in [2.24, 2.45) is 10.4 Å². The zero-order valence-corrected chi connectivity index (χ0v) is 20.7. The fraction of sp³-hybridized carbons (Fsp3) is 0.458. The number of rotatable bonds is 8. The molecule has 1 fully saturated rings. The van der Waals surface area contributed by atoms with Gasteiger partial charge in [0.2, 0.25) is 0 Å². The summed E-state index contributed by atoms with van der Waals surface area (Å²) < 4.78 is 11.6. The van der Waals surface area contributed by atoms with Crippen molar-refractivity contribution in [3.63, 3.8) is 0 Å². The molecule has 0 radical (unpaired) electrons. The summed E-state index contributed by atoms with van der Waals surface area (Å²) in [4.78, 5) is 4.77. The molecule has 0 aliphatic carbocycles.